The van der Waals surface area contributed by atoms with E-state index in [1.165, 1.54) is 0 Å². The number of fused-ring (bicyclic) bond motifs is 3. The van der Waals surface area contributed by atoms with Gasteiger partial charge in [0.05, 0.1) is 5.38 Å². The molecule has 0 amide bonds. The molecule has 110 valence electrons. The van der Waals surface area contributed by atoms with Crippen LogP contribution in [0.1, 0.15) is 23.8 Å². The summed E-state index contributed by atoms with van der Waals surface area (Å²) in [5, 5.41) is 1.15. The zero-order valence-corrected chi connectivity index (χ0v) is 11.7. The van der Waals surface area contributed by atoms with E-state index in [-0.39, 0.29) is 6.42 Å². The van der Waals surface area contributed by atoms with Crippen LogP contribution in [-0.4, -0.2) is 6.18 Å². The largest absolute Gasteiger partial charge is 0.456 e. The predicted octanol–water partition coefficient (Wildman–Crippen LogP) is 6.21. The van der Waals surface area contributed by atoms with E-state index in [1.54, 1.807) is 12.1 Å². The zero-order valence-electron chi connectivity index (χ0n) is 11.0. The molecule has 2 aromatic carbocycles. The quantitative estimate of drug-likeness (QED) is 0.524. The van der Waals surface area contributed by atoms with E-state index in [9.17, 15) is 13.2 Å². The summed E-state index contributed by atoms with van der Waals surface area (Å²) in [7, 11) is 0. The van der Waals surface area contributed by atoms with Crippen molar-refractivity contribution in [1.29, 1.82) is 0 Å². The molecule has 21 heavy (non-hydrogen) atoms. The molecule has 0 bridgehead atoms. The highest BCUT2D eigenvalue weighted by Gasteiger charge is 2.28. The standard InChI is InChI=1S/C16H12ClF3O/c17-13(7-8-16(18,19)20)10-5-6-15-12(9-10)11-3-1-2-4-14(11)21-15/h1-6,9,13H,7-8H2. The van der Waals surface area contributed by atoms with Gasteiger partial charge < -0.3 is 4.42 Å². The third-order valence-corrected chi connectivity index (χ3v) is 3.91. The van der Waals surface area contributed by atoms with Gasteiger partial charge in [-0.1, -0.05) is 24.3 Å². The summed E-state index contributed by atoms with van der Waals surface area (Å²) in [6.07, 6.45) is -5.20. The van der Waals surface area contributed by atoms with E-state index in [4.69, 9.17) is 16.0 Å². The zero-order chi connectivity index (χ0) is 15.0. The van der Waals surface area contributed by atoms with Crippen molar-refractivity contribution in [2.75, 3.05) is 0 Å². The molecular formula is C16H12ClF3O. The smallest absolute Gasteiger partial charge is 0.389 e. The fourth-order valence-corrected chi connectivity index (χ4v) is 2.64. The molecule has 0 saturated carbocycles. The van der Waals surface area contributed by atoms with Crippen LogP contribution in [0.15, 0.2) is 46.9 Å². The topological polar surface area (TPSA) is 13.1 Å². The van der Waals surface area contributed by atoms with Gasteiger partial charge in [-0.2, -0.15) is 13.2 Å². The van der Waals surface area contributed by atoms with Crippen molar-refractivity contribution >= 4 is 33.5 Å². The van der Waals surface area contributed by atoms with Gasteiger partial charge in [0.2, 0.25) is 0 Å². The van der Waals surface area contributed by atoms with Crippen molar-refractivity contribution < 1.29 is 17.6 Å². The molecule has 3 rings (SSSR count). The van der Waals surface area contributed by atoms with Gasteiger partial charge in [0.15, 0.2) is 0 Å². The third kappa shape index (κ3) is 3.00. The van der Waals surface area contributed by atoms with Gasteiger partial charge in [-0.05, 0) is 30.2 Å². The highest BCUT2D eigenvalue weighted by atomic mass is 35.5. The minimum absolute atomic E-state index is 0.133. The molecule has 0 aliphatic carbocycles. The second-order valence-electron chi connectivity index (χ2n) is 4.98. The Morgan fingerprint density at radius 1 is 1.00 bits per heavy atom. The molecule has 1 heterocycles. The van der Waals surface area contributed by atoms with Crippen molar-refractivity contribution in [1.82, 2.24) is 0 Å². The van der Waals surface area contributed by atoms with E-state index in [1.807, 2.05) is 30.3 Å². The molecule has 1 unspecified atom stereocenters. The number of halogens is 4. The number of hydrogen-bond acceptors (Lipinski definition) is 1. The fraction of sp³-hybridized carbons (Fsp3) is 0.250. The SMILES string of the molecule is FC(F)(F)CCC(Cl)c1ccc2oc3ccccc3c2c1. The summed E-state index contributed by atoms with van der Waals surface area (Å²) < 4.78 is 42.5. The van der Waals surface area contributed by atoms with Gasteiger partial charge in [-0.15, -0.1) is 11.6 Å². The number of hydrogen-bond donors (Lipinski definition) is 0. The summed E-state index contributed by atoms with van der Waals surface area (Å²) in [6, 6.07) is 12.8. The fourth-order valence-electron chi connectivity index (χ4n) is 2.40. The first-order chi connectivity index (χ1) is 9.94. The minimum Gasteiger partial charge on any atom is -0.456 e. The maximum Gasteiger partial charge on any atom is 0.389 e. The molecule has 1 aromatic heterocycles. The molecule has 0 radical (unpaired) electrons. The monoisotopic (exact) mass is 312 g/mol. The average Bonchev–Trinajstić information content (AvgIpc) is 2.81. The van der Waals surface area contributed by atoms with E-state index in [2.05, 4.69) is 0 Å². The Labute approximate surface area is 124 Å². The molecule has 0 fully saturated rings. The van der Waals surface area contributed by atoms with Crippen LogP contribution in [0.3, 0.4) is 0 Å². The van der Waals surface area contributed by atoms with E-state index < -0.39 is 18.0 Å². The molecule has 0 aliphatic rings. The lowest BCUT2D eigenvalue weighted by Crippen LogP contribution is -2.08. The van der Waals surface area contributed by atoms with Crippen LogP contribution in [0.2, 0.25) is 0 Å². The number of para-hydroxylation sites is 1. The Balaban J connectivity index is 1.94. The number of rotatable bonds is 3. The minimum atomic E-state index is -4.18. The maximum atomic E-state index is 12.3. The van der Waals surface area contributed by atoms with Gasteiger partial charge in [0.1, 0.15) is 11.2 Å². The van der Waals surface area contributed by atoms with Crippen LogP contribution in [0, 0.1) is 0 Å². The van der Waals surface area contributed by atoms with Crippen molar-refractivity contribution in [2.24, 2.45) is 0 Å². The van der Waals surface area contributed by atoms with Crippen LogP contribution in [0.5, 0.6) is 0 Å². The molecule has 5 heteroatoms. The van der Waals surface area contributed by atoms with Gasteiger partial charge in [-0.3, -0.25) is 0 Å². The summed E-state index contributed by atoms with van der Waals surface area (Å²) in [4.78, 5) is 0. The Hall–Kier alpha value is -1.68. The molecule has 1 atom stereocenters. The third-order valence-electron chi connectivity index (χ3n) is 3.44. The molecule has 0 N–H and O–H groups in total. The van der Waals surface area contributed by atoms with Gasteiger partial charge >= 0.3 is 6.18 Å². The number of furan rings is 1. The van der Waals surface area contributed by atoms with Crippen molar-refractivity contribution in [2.45, 2.75) is 24.4 Å². The number of benzene rings is 2. The molecule has 3 aromatic rings. The summed E-state index contributed by atoms with van der Waals surface area (Å²) in [6.45, 7) is 0. The first-order valence-corrected chi connectivity index (χ1v) is 7.00. The predicted molar refractivity (Wildman–Crippen MR) is 77.6 cm³/mol. The Bertz CT molecular complexity index is 776. The average molecular weight is 313 g/mol. The van der Waals surface area contributed by atoms with Gasteiger partial charge in [0, 0.05) is 17.2 Å². The highest BCUT2D eigenvalue weighted by molar-refractivity contribution is 6.21. The van der Waals surface area contributed by atoms with Crippen molar-refractivity contribution in [3.05, 3.63) is 48.0 Å². The Morgan fingerprint density at radius 2 is 1.71 bits per heavy atom. The Kier molecular flexibility index (Phi) is 3.57. The molecule has 0 saturated heterocycles. The first-order valence-electron chi connectivity index (χ1n) is 6.56. The van der Waals surface area contributed by atoms with E-state index in [0.29, 0.717) is 11.1 Å². The molecule has 1 nitrogen and oxygen atoms in total. The number of alkyl halides is 4. The molecular weight excluding hydrogens is 301 g/mol. The summed E-state index contributed by atoms with van der Waals surface area (Å²) in [5.74, 6) is 0. The van der Waals surface area contributed by atoms with Gasteiger partial charge in [0.25, 0.3) is 0 Å². The molecule has 0 aliphatic heterocycles. The van der Waals surface area contributed by atoms with Gasteiger partial charge in [-0.25, -0.2) is 0 Å². The second kappa shape index (κ2) is 5.26. The summed E-state index contributed by atoms with van der Waals surface area (Å²) in [5.41, 5.74) is 2.14. The van der Waals surface area contributed by atoms with Crippen molar-refractivity contribution in [3.8, 4) is 0 Å². The summed E-state index contributed by atoms with van der Waals surface area (Å²) >= 11 is 6.10. The van der Waals surface area contributed by atoms with E-state index >= 15 is 0 Å². The van der Waals surface area contributed by atoms with E-state index in [0.717, 1.165) is 16.4 Å². The van der Waals surface area contributed by atoms with Crippen molar-refractivity contribution in [3.63, 3.8) is 0 Å². The van der Waals surface area contributed by atoms with Crippen LogP contribution < -0.4 is 0 Å². The lowest BCUT2D eigenvalue weighted by molar-refractivity contribution is -0.135. The lowest BCUT2D eigenvalue weighted by Gasteiger charge is -2.11. The molecule has 0 spiro atoms. The Morgan fingerprint density at radius 3 is 2.48 bits per heavy atom. The van der Waals surface area contributed by atoms with Crippen LogP contribution in [0.4, 0.5) is 13.2 Å². The lowest BCUT2D eigenvalue weighted by atomic mass is 10.0. The normalized spacial score (nSPS) is 13.9. The first kappa shape index (κ1) is 14.3. The maximum absolute atomic E-state index is 12.3. The highest BCUT2D eigenvalue weighted by Crippen LogP contribution is 2.35. The van der Waals surface area contributed by atoms with Crippen LogP contribution >= 0.6 is 11.6 Å². The second-order valence-corrected chi connectivity index (χ2v) is 5.50. The van der Waals surface area contributed by atoms with Crippen LogP contribution in [-0.2, 0) is 0 Å². The van der Waals surface area contributed by atoms with Crippen LogP contribution in [0.25, 0.3) is 21.9 Å².